The third-order valence-corrected chi connectivity index (χ3v) is 12.2. The molecule has 0 radical (unpaired) electrons. The van der Waals surface area contributed by atoms with Crippen molar-refractivity contribution < 1.29 is 19.1 Å². The number of H-pyrrole nitrogens is 2. The maximum absolute atomic E-state index is 13.8. The summed E-state index contributed by atoms with van der Waals surface area (Å²) >= 11 is 0. The van der Waals surface area contributed by atoms with Gasteiger partial charge in [-0.15, -0.1) is 0 Å². The Morgan fingerprint density at radius 2 is 1.34 bits per heavy atom. The number of nitrogens with one attached hydrogen (secondary N) is 3. The maximum Gasteiger partial charge on any atom is 0.407 e. The Morgan fingerprint density at radius 1 is 0.793 bits per heavy atom. The van der Waals surface area contributed by atoms with Crippen LogP contribution in [0.4, 0.5) is 10.5 Å². The number of anilines is 1. The fraction of sp³-hybridized carbons (Fsp3) is 0.467. The highest BCUT2D eigenvalue weighted by atomic mass is 16.5. The van der Waals surface area contributed by atoms with Gasteiger partial charge in [-0.2, -0.15) is 5.26 Å². The molecular formula is C45H53N9O4. The molecule has 3 amide bonds. The number of nitrogens with zero attached hydrogens (tertiary/aromatic N) is 6. The van der Waals surface area contributed by atoms with E-state index in [0.717, 1.165) is 90.0 Å². The van der Waals surface area contributed by atoms with Gasteiger partial charge in [-0.25, -0.2) is 14.8 Å². The zero-order valence-electron chi connectivity index (χ0n) is 34.0. The average Bonchev–Trinajstić information content (AvgIpc) is 4.07. The molecule has 0 unspecified atom stereocenters. The number of likely N-dealkylation sites (tertiary alicyclic amines) is 2. The maximum atomic E-state index is 13.8. The molecule has 5 atom stereocenters. The molecule has 302 valence electrons. The fourth-order valence-electron chi connectivity index (χ4n) is 9.37. The first-order chi connectivity index (χ1) is 28.0. The van der Waals surface area contributed by atoms with Gasteiger partial charge in [0.1, 0.15) is 17.7 Å². The van der Waals surface area contributed by atoms with E-state index >= 15 is 0 Å². The smallest absolute Gasteiger partial charge is 0.407 e. The molecule has 3 aromatic carbocycles. The second kappa shape index (κ2) is 16.2. The average molecular weight is 784 g/mol. The van der Waals surface area contributed by atoms with Crippen LogP contribution in [0.2, 0.25) is 0 Å². The molecule has 2 aromatic heterocycles. The van der Waals surface area contributed by atoms with Crippen LogP contribution >= 0.6 is 0 Å². The molecule has 3 fully saturated rings. The van der Waals surface area contributed by atoms with Gasteiger partial charge in [-0.3, -0.25) is 9.59 Å². The van der Waals surface area contributed by atoms with Gasteiger partial charge in [0.25, 0.3) is 0 Å². The second-order valence-corrected chi connectivity index (χ2v) is 16.9. The highest BCUT2D eigenvalue weighted by Gasteiger charge is 2.39. The number of nitriles is 1. The molecule has 8 rings (SSSR count). The third-order valence-electron chi connectivity index (χ3n) is 12.2. The van der Waals surface area contributed by atoms with E-state index in [4.69, 9.17) is 14.7 Å². The normalized spacial score (nSPS) is 21.4. The number of amides is 3. The third kappa shape index (κ3) is 7.48. The van der Waals surface area contributed by atoms with Crippen molar-refractivity contribution in [3.05, 3.63) is 89.0 Å². The van der Waals surface area contributed by atoms with Crippen LogP contribution < -0.4 is 10.2 Å². The predicted molar refractivity (Wildman–Crippen MR) is 222 cm³/mol. The minimum absolute atomic E-state index is 0.0382. The van der Waals surface area contributed by atoms with Crippen LogP contribution in [0.15, 0.2) is 60.7 Å². The van der Waals surface area contributed by atoms with Gasteiger partial charge in [-0.1, -0.05) is 39.8 Å². The standard InChI is InChI=1S/C45H53N9O4/c1-26(2)22-40(55)52-20-6-8-38(52)42-47-32-16-12-29(23-34(32)49-42)36-18-19-37(54(36)31-14-10-28(25-46)11-15-31)30-13-17-33-35(24-30)50-43(48-33)39-9-7-21-53(39)44(56)41(27(3)4)51-45(57)58-5/h10-17,23-24,26-27,36-39,41H,6-9,18-22H2,1-5H3,(H,47,49)(H,48,50)(H,51,57)/t36-,37-,38+,39+,41+/m1/s1. The van der Waals surface area contributed by atoms with Crippen molar-refractivity contribution in [3.63, 3.8) is 0 Å². The molecule has 13 heteroatoms. The quantitative estimate of drug-likeness (QED) is 0.128. The molecule has 0 aliphatic carbocycles. The number of ether oxygens (including phenoxy) is 1. The van der Waals surface area contributed by atoms with Crippen molar-refractivity contribution in [1.29, 1.82) is 5.26 Å². The van der Waals surface area contributed by atoms with E-state index in [2.05, 4.69) is 76.5 Å². The summed E-state index contributed by atoms with van der Waals surface area (Å²) in [7, 11) is 1.30. The lowest BCUT2D eigenvalue weighted by molar-refractivity contribution is -0.135. The summed E-state index contributed by atoms with van der Waals surface area (Å²) in [6.45, 7) is 9.34. The molecule has 0 bridgehead atoms. The van der Waals surface area contributed by atoms with Crippen LogP contribution in [0.25, 0.3) is 22.1 Å². The minimum atomic E-state index is -0.702. The first-order valence-electron chi connectivity index (χ1n) is 20.7. The number of rotatable bonds is 10. The van der Waals surface area contributed by atoms with Crippen molar-refractivity contribution in [2.45, 2.75) is 103 Å². The Kier molecular flexibility index (Phi) is 10.8. The van der Waals surface area contributed by atoms with E-state index in [0.29, 0.717) is 24.4 Å². The number of methoxy groups -OCH3 is 1. The summed E-state index contributed by atoms with van der Waals surface area (Å²) in [5, 5.41) is 12.3. The number of hydrogen-bond acceptors (Lipinski definition) is 8. The summed E-state index contributed by atoms with van der Waals surface area (Å²) in [5.41, 5.74) is 7.56. The number of carbonyl (C=O) groups excluding carboxylic acids is 3. The van der Waals surface area contributed by atoms with Crippen molar-refractivity contribution in [2.24, 2.45) is 11.8 Å². The first kappa shape index (κ1) is 38.9. The predicted octanol–water partition coefficient (Wildman–Crippen LogP) is 8.15. The van der Waals surface area contributed by atoms with E-state index in [-0.39, 0.29) is 41.9 Å². The number of alkyl carbamates (subject to hydrolysis) is 1. The molecule has 3 N–H and O–H groups in total. The Bertz CT molecular complexity index is 2360. The highest BCUT2D eigenvalue weighted by molar-refractivity contribution is 5.87. The van der Waals surface area contributed by atoms with Crippen molar-refractivity contribution >= 4 is 45.7 Å². The lowest BCUT2D eigenvalue weighted by Gasteiger charge is -2.33. The second-order valence-electron chi connectivity index (χ2n) is 16.9. The number of aromatic nitrogens is 4. The molecule has 5 aromatic rings. The molecule has 3 saturated heterocycles. The number of benzene rings is 3. The Hall–Kier alpha value is -5.90. The Balaban J connectivity index is 1.08. The molecule has 3 aliphatic heterocycles. The molecule has 58 heavy (non-hydrogen) atoms. The monoisotopic (exact) mass is 783 g/mol. The number of carbonyl (C=O) groups is 3. The number of aromatic amines is 2. The topological polar surface area (TPSA) is 163 Å². The van der Waals surface area contributed by atoms with Crippen molar-refractivity contribution in [3.8, 4) is 6.07 Å². The summed E-state index contributed by atoms with van der Waals surface area (Å²) in [4.78, 5) is 62.5. The highest BCUT2D eigenvalue weighted by Crippen LogP contribution is 2.48. The molecule has 3 aliphatic rings. The molecule has 0 saturated carbocycles. The fourth-order valence-corrected chi connectivity index (χ4v) is 9.37. The van der Waals surface area contributed by atoms with Crippen LogP contribution in [0.5, 0.6) is 0 Å². The SMILES string of the molecule is COC(=O)N[C@H](C(=O)N1CCC[C@H]1c1nc2ccc([C@H]3CC[C@H](c4ccc5nc([C@@H]6CCCN6C(=O)CC(C)C)[nH]c5c4)N3c3ccc(C#N)cc3)cc2[nH]1)C(C)C. The van der Waals surface area contributed by atoms with Crippen LogP contribution in [0.1, 0.15) is 125 Å². The molecule has 13 nitrogen and oxygen atoms in total. The van der Waals surface area contributed by atoms with E-state index in [1.165, 1.54) is 12.7 Å². The molecule has 5 heterocycles. The van der Waals surface area contributed by atoms with Crippen molar-refractivity contribution in [2.75, 3.05) is 25.1 Å². The van der Waals surface area contributed by atoms with Crippen molar-refractivity contribution in [1.82, 2.24) is 35.1 Å². The van der Waals surface area contributed by atoms with Crippen LogP contribution in [-0.2, 0) is 14.3 Å². The summed E-state index contributed by atoms with van der Waals surface area (Å²) in [5.74, 6) is 1.84. The van der Waals surface area contributed by atoms with Gasteiger partial charge in [0.2, 0.25) is 11.8 Å². The summed E-state index contributed by atoms with van der Waals surface area (Å²) in [6, 6.07) is 22.1. The summed E-state index contributed by atoms with van der Waals surface area (Å²) in [6.07, 6.45) is 5.23. The van der Waals surface area contributed by atoms with Gasteiger partial charge in [-0.05, 0) is 110 Å². The van der Waals surface area contributed by atoms with Crippen LogP contribution in [-0.4, -0.2) is 73.9 Å². The number of hydrogen-bond donors (Lipinski definition) is 3. The van der Waals surface area contributed by atoms with Gasteiger partial charge in [0, 0.05) is 25.2 Å². The largest absolute Gasteiger partial charge is 0.453 e. The van der Waals surface area contributed by atoms with Gasteiger partial charge < -0.3 is 34.7 Å². The minimum Gasteiger partial charge on any atom is -0.453 e. The number of fused-ring (bicyclic) bond motifs is 2. The lowest BCUT2D eigenvalue weighted by Crippen LogP contribution is -2.51. The van der Waals surface area contributed by atoms with E-state index in [9.17, 15) is 19.6 Å². The van der Waals surface area contributed by atoms with E-state index < -0.39 is 12.1 Å². The summed E-state index contributed by atoms with van der Waals surface area (Å²) < 4.78 is 4.81. The van der Waals surface area contributed by atoms with E-state index in [1.807, 2.05) is 47.9 Å². The Morgan fingerprint density at radius 3 is 1.86 bits per heavy atom. The number of imidazole rings is 2. The van der Waals surface area contributed by atoms with E-state index in [1.54, 1.807) is 0 Å². The molecular weight excluding hydrogens is 731 g/mol. The van der Waals surface area contributed by atoms with Gasteiger partial charge in [0.05, 0.1) is 65.0 Å². The lowest BCUT2D eigenvalue weighted by atomic mass is 10.0. The van der Waals surface area contributed by atoms with Crippen LogP contribution in [0, 0.1) is 23.2 Å². The first-order valence-corrected chi connectivity index (χ1v) is 20.7. The van der Waals surface area contributed by atoms with Gasteiger partial charge in [0.15, 0.2) is 0 Å². The van der Waals surface area contributed by atoms with Crippen LogP contribution in [0.3, 0.4) is 0 Å². The molecule has 0 spiro atoms. The zero-order chi connectivity index (χ0) is 40.7. The zero-order valence-corrected chi connectivity index (χ0v) is 34.0. The van der Waals surface area contributed by atoms with Gasteiger partial charge >= 0.3 is 6.09 Å². The Labute approximate surface area is 339 Å².